The molecular formula is C13H10ClFN2O2. The molecule has 2 aromatic rings. The van der Waals surface area contributed by atoms with Crippen LogP contribution in [0, 0.1) is 5.82 Å². The Morgan fingerprint density at radius 1 is 1.53 bits per heavy atom. The van der Waals surface area contributed by atoms with Crippen molar-refractivity contribution in [3.05, 3.63) is 58.6 Å². The maximum absolute atomic E-state index is 13.8. The van der Waals surface area contributed by atoms with Crippen molar-refractivity contribution in [1.82, 2.24) is 9.78 Å². The van der Waals surface area contributed by atoms with Crippen LogP contribution in [0.2, 0.25) is 5.02 Å². The number of rotatable bonds is 4. The molecule has 1 aromatic carbocycles. The van der Waals surface area contributed by atoms with Crippen molar-refractivity contribution in [2.24, 2.45) is 0 Å². The van der Waals surface area contributed by atoms with Crippen molar-refractivity contribution < 1.29 is 14.3 Å². The van der Waals surface area contributed by atoms with Crippen LogP contribution in [-0.2, 0) is 11.3 Å². The number of aliphatic carboxylic acids is 1. The Bertz CT molecular complexity index is 637. The molecular weight excluding hydrogens is 271 g/mol. The molecule has 0 spiro atoms. The van der Waals surface area contributed by atoms with Gasteiger partial charge in [-0.05, 0) is 17.7 Å². The van der Waals surface area contributed by atoms with E-state index in [2.05, 4.69) is 5.10 Å². The number of hydrogen-bond donors (Lipinski definition) is 1. The maximum Gasteiger partial charge on any atom is 0.328 e. The fourth-order valence-electron chi connectivity index (χ4n) is 1.56. The number of hydrogen-bond acceptors (Lipinski definition) is 2. The highest BCUT2D eigenvalue weighted by Gasteiger charge is 2.05. The summed E-state index contributed by atoms with van der Waals surface area (Å²) in [5.41, 5.74) is 0.939. The molecule has 98 valence electrons. The van der Waals surface area contributed by atoms with Crippen LogP contribution in [0.1, 0.15) is 11.1 Å². The highest BCUT2D eigenvalue weighted by molar-refractivity contribution is 6.30. The van der Waals surface area contributed by atoms with Crippen LogP contribution in [0.4, 0.5) is 4.39 Å². The van der Waals surface area contributed by atoms with E-state index in [9.17, 15) is 9.18 Å². The van der Waals surface area contributed by atoms with Crippen LogP contribution in [0.5, 0.6) is 0 Å². The van der Waals surface area contributed by atoms with Crippen molar-refractivity contribution >= 4 is 23.6 Å². The summed E-state index contributed by atoms with van der Waals surface area (Å²) in [4.78, 5) is 10.4. The third-order valence-electron chi connectivity index (χ3n) is 2.43. The van der Waals surface area contributed by atoms with Crippen molar-refractivity contribution in [1.29, 1.82) is 0 Å². The normalized spacial score (nSPS) is 11.1. The van der Waals surface area contributed by atoms with Gasteiger partial charge in [0.25, 0.3) is 0 Å². The summed E-state index contributed by atoms with van der Waals surface area (Å²) in [6.07, 6.45) is 5.37. The van der Waals surface area contributed by atoms with Gasteiger partial charge in [-0.1, -0.05) is 23.7 Å². The molecule has 1 N–H and O–H groups in total. The monoisotopic (exact) mass is 280 g/mol. The number of carboxylic acids is 1. The third kappa shape index (κ3) is 3.66. The summed E-state index contributed by atoms with van der Waals surface area (Å²) in [7, 11) is 0. The summed E-state index contributed by atoms with van der Waals surface area (Å²) < 4.78 is 15.3. The zero-order chi connectivity index (χ0) is 13.8. The lowest BCUT2D eigenvalue weighted by Crippen LogP contribution is -2.02. The molecule has 0 amide bonds. The number of halogens is 2. The lowest BCUT2D eigenvalue weighted by atomic mass is 10.1. The largest absolute Gasteiger partial charge is 0.478 e. The smallest absolute Gasteiger partial charge is 0.328 e. The van der Waals surface area contributed by atoms with Crippen molar-refractivity contribution in [2.45, 2.75) is 6.54 Å². The Hall–Kier alpha value is -2.14. The topological polar surface area (TPSA) is 55.1 Å². The van der Waals surface area contributed by atoms with E-state index in [4.69, 9.17) is 16.7 Å². The molecule has 0 aliphatic carbocycles. The first-order chi connectivity index (χ1) is 9.04. The summed E-state index contributed by atoms with van der Waals surface area (Å²) >= 11 is 5.72. The van der Waals surface area contributed by atoms with E-state index in [0.717, 1.165) is 6.08 Å². The molecule has 19 heavy (non-hydrogen) atoms. The number of carbonyl (C=O) groups is 1. The third-order valence-corrected chi connectivity index (χ3v) is 2.62. The van der Waals surface area contributed by atoms with Gasteiger partial charge < -0.3 is 5.11 Å². The first-order valence-electron chi connectivity index (χ1n) is 5.42. The van der Waals surface area contributed by atoms with Gasteiger partial charge in [0.15, 0.2) is 0 Å². The fraction of sp³-hybridized carbons (Fsp3) is 0.0769. The number of aromatic nitrogens is 2. The molecule has 0 fully saturated rings. The lowest BCUT2D eigenvalue weighted by molar-refractivity contribution is -0.131. The molecule has 4 nitrogen and oxygen atoms in total. The summed E-state index contributed by atoms with van der Waals surface area (Å²) in [5, 5.41) is 12.9. The van der Waals surface area contributed by atoms with E-state index in [1.165, 1.54) is 23.0 Å². The molecule has 0 unspecified atom stereocenters. The Morgan fingerprint density at radius 3 is 2.89 bits per heavy atom. The molecule has 0 saturated heterocycles. The van der Waals surface area contributed by atoms with E-state index in [0.29, 0.717) is 16.1 Å². The van der Waals surface area contributed by atoms with E-state index in [-0.39, 0.29) is 6.54 Å². The van der Waals surface area contributed by atoms with Gasteiger partial charge in [0, 0.05) is 17.8 Å². The van der Waals surface area contributed by atoms with E-state index < -0.39 is 11.8 Å². The minimum absolute atomic E-state index is 0.265. The average molecular weight is 281 g/mol. The molecule has 0 aliphatic heterocycles. The van der Waals surface area contributed by atoms with Gasteiger partial charge in [-0.3, -0.25) is 4.68 Å². The zero-order valence-corrected chi connectivity index (χ0v) is 10.5. The second kappa shape index (κ2) is 5.67. The van der Waals surface area contributed by atoms with Crippen molar-refractivity contribution in [3.63, 3.8) is 0 Å². The maximum atomic E-state index is 13.8. The first kappa shape index (κ1) is 13.3. The van der Waals surface area contributed by atoms with Crippen LogP contribution in [0.15, 0.2) is 36.7 Å². The van der Waals surface area contributed by atoms with E-state index in [1.54, 1.807) is 18.3 Å². The molecule has 1 heterocycles. The second-order valence-electron chi connectivity index (χ2n) is 3.88. The minimum Gasteiger partial charge on any atom is -0.478 e. The number of benzene rings is 1. The van der Waals surface area contributed by atoms with Crippen LogP contribution < -0.4 is 0 Å². The molecule has 1 aromatic heterocycles. The van der Waals surface area contributed by atoms with Gasteiger partial charge in [0.2, 0.25) is 0 Å². The quantitative estimate of drug-likeness (QED) is 0.876. The predicted octanol–water partition coefficient (Wildman–Crippen LogP) is 2.82. The molecule has 0 saturated carbocycles. The van der Waals surface area contributed by atoms with E-state index >= 15 is 0 Å². The number of carboxylic acid groups (broad SMARTS) is 1. The molecule has 0 radical (unpaired) electrons. The SMILES string of the molecule is O=C(O)/C=C/c1ccc(Cn2cc(Cl)cn2)c(F)c1. The molecule has 6 heteroatoms. The highest BCUT2D eigenvalue weighted by atomic mass is 35.5. The Labute approximate surface area is 113 Å². The average Bonchev–Trinajstić information content (AvgIpc) is 2.75. The van der Waals surface area contributed by atoms with Crippen LogP contribution in [0.3, 0.4) is 0 Å². The summed E-state index contributed by atoms with van der Waals surface area (Å²) in [6.45, 7) is 0.265. The van der Waals surface area contributed by atoms with Gasteiger partial charge in [0.1, 0.15) is 5.82 Å². The predicted molar refractivity (Wildman–Crippen MR) is 69.4 cm³/mol. The molecule has 0 atom stereocenters. The van der Waals surface area contributed by atoms with Gasteiger partial charge in [-0.25, -0.2) is 9.18 Å². The molecule has 0 aliphatic rings. The van der Waals surface area contributed by atoms with E-state index in [1.807, 2.05) is 0 Å². The van der Waals surface area contributed by atoms with Crippen LogP contribution in [-0.4, -0.2) is 20.9 Å². The fourth-order valence-corrected chi connectivity index (χ4v) is 1.72. The van der Waals surface area contributed by atoms with Crippen molar-refractivity contribution in [2.75, 3.05) is 0 Å². The Morgan fingerprint density at radius 2 is 2.32 bits per heavy atom. The standard InChI is InChI=1S/C13H10ClFN2O2/c14-11-6-16-17(8-11)7-10-3-1-9(5-12(10)15)2-4-13(18)19/h1-6,8H,7H2,(H,18,19)/b4-2+. The van der Waals surface area contributed by atoms with Crippen LogP contribution >= 0.6 is 11.6 Å². The highest BCUT2D eigenvalue weighted by Crippen LogP contribution is 2.14. The minimum atomic E-state index is -1.07. The zero-order valence-electron chi connectivity index (χ0n) is 9.75. The molecule has 2 rings (SSSR count). The van der Waals surface area contributed by atoms with Gasteiger partial charge >= 0.3 is 5.97 Å². The number of nitrogens with zero attached hydrogens (tertiary/aromatic N) is 2. The Balaban J connectivity index is 2.17. The second-order valence-corrected chi connectivity index (χ2v) is 4.31. The summed E-state index contributed by atoms with van der Waals surface area (Å²) in [6, 6.07) is 4.51. The van der Waals surface area contributed by atoms with Gasteiger partial charge in [0.05, 0.1) is 17.8 Å². The summed E-state index contributed by atoms with van der Waals surface area (Å²) in [5.74, 6) is -1.49. The lowest BCUT2D eigenvalue weighted by Gasteiger charge is -2.04. The van der Waals surface area contributed by atoms with Crippen molar-refractivity contribution in [3.8, 4) is 0 Å². The van der Waals surface area contributed by atoms with Crippen LogP contribution in [0.25, 0.3) is 6.08 Å². The van der Waals surface area contributed by atoms with Gasteiger partial charge in [-0.2, -0.15) is 5.10 Å². The Kier molecular flexibility index (Phi) is 3.97. The first-order valence-corrected chi connectivity index (χ1v) is 5.80. The molecule has 0 bridgehead atoms. The van der Waals surface area contributed by atoms with Gasteiger partial charge in [-0.15, -0.1) is 0 Å².